The summed E-state index contributed by atoms with van der Waals surface area (Å²) in [7, 11) is 0. The lowest BCUT2D eigenvalue weighted by atomic mass is 10.1. The number of hydrogen-bond donors (Lipinski definition) is 3. The van der Waals surface area contributed by atoms with Gasteiger partial charge in [-0.15, -0.1) is 0 Å². The summed E-state index contributed by atoms with van der Waals surface area (Å²) < 4.78 is 0. The van der Waals surface area contributed by atoms with Crippen molar-refractivity contribution in [2.45, 2.75) is 0 Å². The lowest BCUT2D eigenvalue weighted by Crippen LogP contribution is -2.49. The molecular weight excluding hydrogens is 246 g/mol. The summed E-state index contributed by atoms with van der Waals surface area (Å²) >= 11 is 0. The number of carbonyl (C=O) groups is 1. The predicted molar refractivity (Wildman–Crippen MR) is 71.9 cm³/mol. The number of β-amino-alcohol motifs (C(OH)–C–C–N with tert-alkyl or cyclic N) is 1. The number of phenols is 1. The Hall–Kier alpha value is -1.79. The summed E-state index contributed by atoms with van der Waals surface area (Å²) in [5.41, 5.74) is 6.23. The van der Waals surface area contributed by atoms with Crippen LogP contribution in [0.25, 0.3) is 0 Å². The van der Waals surface area contributed by atoms with E-state index in [1.807, 2.05) is 0 Å². The molecule has 0 spiro atoms. The Morgan fingerprint density at radius 2 is 1.95 bits per heavy atom. The van der Waals surface area contributed by atoms with Gasteiger partial charge < -0.3 is 20.8 Å². The molecule has 4 N–H and O–H groups in total. The van der Waals surface area contributed by atoms with E-state index in [1.165, 1.54) is 12.1 Å². The van der Waals surface area contributed by atoms with E-state index >= 15 is 0 Å². The molecule has 19 heavy (non-hydrogen) atoms. The number of nitrogens with zero attached hydrogens (tertiary/aromatic N) is 2. The number of benzene rings is 1. The van der Waals surface area contributed by atoms with Crippen LogP contribution in [0, 0.1) is 0 Å². The second kappa shape index (κ2) is 5.90. The van der Waals surface area contributed by atoms with Gasteiger partial charge in [0.05, 0.1) is 12.3 Å². The van der Waals surface area contributed by atoms with Crippen molar-refractivity contribution in [3.05, 3.63) is 23.8 Å². The van der Waals surface area contributed by atoms with Gasteiger partial charge in [0, 0.05) is 38.3 Å². The molecule has 1 aromatic rings. The van der Waals surface area contributed by atoms with Gasteiger partial charge in [0.15, 0.2) is 0 Å². The normalized spacial score (nSPS) is 16.6. The molecule has 2 rings (SSSR count). The zero-order valence-corrected chi connectivity index (χ0v) is 10.7. The van der Waals surface area contributed by atoms with E-state index in [1.54, 1.807) is 11.0 Å². The molecule has 1 aliphatic rings. The van der Waals surface area contributed by atoms with Crippen LogP contribution in [0.15, 0.2) is 18.2 Å². The summed E-state index contributed by atoms with van der Waals surface area (Å²) in [6.45, 7) is 3.55. The molecule has 1 fully saturated rings. The number of nitrogen functional groups attached to an aromatic ring is 1. The van der Waals surface area contributed by atoms with Crippen LogP contribution >= 0.6 is 0 Å². The average Bonchev–Trinajstić information content (AvgIpc) is 2.42. The van der Waals surface area contributed by atoms with Crippen molar-refractivity contribution in [2.75, 3.05) is 45.1 Å². The van der Waals surface area contributed by atoms with Crippen molar-refractivity contribution in [3.63, 3.8) is 0 Å². The third kappa shape index (κ3) is 3.15. The maximum Gasteiger partial charge on any atom is 0.254 e. The van der Waals surface area contributed by atoms with Crippen molar-refractivity contribution >= 4 is 11.6 Å². The van der Waals surface area contributed by atoms with Gasteiger partial charge in [0.2, 0.25) is 0 Å². The molecule has 1 aliphatic heterocycles. The van der Waals surface area contributed by atoms with E-state index in [9.17, 15) is 9.90 Å². The van der Waals surface area contributed by atoms with Gasteiger partial charge in [-0.1, -0.05) is 0 Å². The minimum absolute atomic E-state index is 0.0650. The minimum Gasteiger partial charge on any atom is -0.506 e. The number of hydrogen-bond acceptors (Lipinski definition) is 5. The lowest BCUT2D eigenvalue weighted by Gasteiger charge is -2.34. The molecule has 1 heterocycles. The Bertz CT molecular complexity index is 456. The number of amides is 1. The number of anilines is 1. The Labute approximate surface area is 112 Å². The highest BCUT2D eigenvalue weighted by atomic mass is 16.3. The predicted octanol–water partition coefficient (Wildman–Crippen LogP) is -0.275. The third-order valence-electron chi connectivity index (χ3n) is 3.35. The SMILES string of the molecule is Nc1ccc(C(=O)N2CCN(CCO)CC2)cc1O. The second-order valence-electron chi connectivity index (χ2n) is 4.63. The Kier molecular flexibility index (Phi) is 4.24. The smallest absolute Gasteiger partial charge is 0.254 e. The number of aromatic hydroxyl groups is 1. The van der Waals surface area contributed by atoms with E-state index in [2.05, 4.69) is 4.90 Å². The van der Waals surface area contributed by atoms with Gasteiger partial charge in [0.1, 0.15) is 5.75 Å². The highest BCUT2D eigenvalue weighted by molar-refractivity contribution is 5.95. The largest absolute Gasteiger partial charge is 0.506 e. The molecule has 6 nitrogen and oxygen atoms in total. The Balaban J connectivity index is 1.99. The van der Waals surface area contributed by atoms with E-state index < -0.39 is 0 Å². The van der Waals surface area contributed by atoms with E-state index in [0.29, 0.717) is 25.2 Å². The fourth-order valence-electron chi connectivity index (χ4n) is 2.18. The summed E-state index contributed by atoms with van der Waals surface area (Å²) in [6.07, 6.45) is 0. The first-order chi connectivity index (χ1) is 9.11. The summed E-state index contributed by atoms with van der Waals surface area (Å²) in [5.74, 6) is -0.163. The molecule has 1 amide bonds. The van der Waals surface area contributed by atoms with Gasteiger partial charge >= 0.3 is 0 Å². The monoisotopic (exact) mass is 265 g/mol. The molecule has 1 aromatic carbocycles. The topological polar surface area (TPSA) is 90.0 Å². The Morgan fingerprint density at radius 1 is 1.26 bits per heavy atom. The van der Waals surface area contributed by atoms with Crippen LogP contribution in [0.4, 0.5) is 5.69 Å². The molecule has 104 valence electrons. The van der Waals surface area contributed by atoms with E-state index in [0.717, 1.165) is 13.1 Å². The zero-order chi connectivity index (χ0) is 13.8. The maximum absolute atomic E-state index is 12.2. The van der Waals surface area contributed by atoms with Crippen LogP contribution in [0.5, 0.6) is 5.75 Å². The Morgan fingerprint density at radius 3 is 2.53 bits per heavy atom. The number of aliphatic hydroxyl groups is 1. The summed E-state index contributed by atoms with van der Waals surface area (Å²) in [4.78, 5) is 16.1. The standard InChI is InChI=1S/C13H19N3O3/c14-11-2-1-10(9-12(11)18)13(19)16-5-3-15(4-6-16)7-8-17/h1-2,9,17-18H,3-8,14H2. The van der Waals surface area contributed by atoms with Crippen molar-refractivity contribution in [2.24, 2.45) is 0 Å². The fraction of sp³-hybridized carbons (Fsp3) is 0.462. The van der Waals surface area contributed by atoms with Gasteiger partial charge in [-0.3, -0.25) is 9.69 Å². The maximum atomic E-state index is 12.2. The van der Waals surface area contributed by atoms with E-state index in [-0.39, 0.29) is 24.0 Å². The van der Waals surface area contributed by atoms with Gasteiger partial charge in [-0.25, -0.2) is 0 Å². The van der Waals surface area contributed by atoms with Crippen molar-refractivity contribution in [3.8, 4) is 5.75 Å². The quantitative estimate of drug-likeness (QED) is 0.517. The molecular formula is C13H19N3O3. The second-order valence-corrected chi connectivity index (χ2v) is 4.63. The van der Waals surface area contributed by atoms with E-state index in [4.69, 9.17) is 10.8 Å². The molecule has 0 radical (unpaired) electrons. The van der Waals surface area contributed by atoms with Crippen LogP contribution in [-0.4, -0.2) is 65.3 Å². The van der Waals surface area contributed by atoms with Crippen molar-refractivity contribution < 1.29 is 15.0 Å². The molecule has 1 saturated heterocycles. The molecule has 6 heteroatoms. The van der Waals surface area contributed by atoms with Gasteiger partial charge in [0.25, 0.3) is 5.91 Å². The van der Waals surface area contributed by atoms with Crippen LogP contribution in [0.1, 0.15) is 10.4 Å². The van der Waals surface area contributed by atoms with Crippen molar-refractivity contribution in [1.82, 2.24) is 9.80 Å². The first-order valence-electron chi connectivity index (χ1n) is 6.33. The molecule has 0 bridgehead atoms. The fourth-order valence-corrected chi connectivity index (χ4v) is 2.18. The minimum atomic E-state index is -0.0982. The van der Waals surface area contributed by atoms with Crippen LogP contribution in [0.3, 0.4) is 0 Å². The molecule has 0 unspecified atom stereocenters. The number of phenolic OH excluding ortho intramolecular Hbond substituents is 1. The van der Waals surface area contributed by atoms with Crippen LogP contribution < -0.4 is 5.73 Å². The number of nitrogens with two attached hydrogens (primary N) is 1. The van der Waals surface area contributed by atoms with Gasteiger partial charge in [-0.05, 0) is 18.2 Å². The zero-order valence-electron chi connectivity index (χ0n) is 10.7. The lowest BCUT2D eigenvalue weighted by molar-refractivity contribution is 0.0614. The third-order valence-corrected chi connectivity index (χ3v) is 3.35. The number of carbonyl (C=O) groups excluding carboxylic acids is 1. The summed E-state index contributed by atoms with van der Waals surface area (Å²) in [5, 5.41) is 18.4. The summed E-state index contributed by atoms with van der Waals surface area (Å²) in [6, 6.07) is 4.56. The number of rotatable bonds is 3. The van der Waals surface area contributed by atoms with Crippen LogP contribution in [-0.2, 0) is 0 Å². The molecule has 0 aromatic heterocycles. The highest BCUT2D eigenvalue weighted by Gasteiger charge is 2.22. The number of piperazine rings is 1. The number of aliphatic hydroxyl groups excluding tert-OH is 1. The first-order valence-corrected chi connectivity index (χ1v) is 6.33. The van der Waals surface area contributed by atoms with Crippen LogP contribution in [0.2, 0.25) is 0 Å². The molecule has 0 saturated carbocycles. The van der Waals surface area contributed by atoms with Gasteiger partial charge in [-0.2, -0.15) is 0 Å². The highest BCUT2D eigenvalue weighted by Crippen LogP contribution is 2.21. The average molecular weight is 265 g/mol. The first kappa shape index (κ1) is 13.6. The molecule has 0 aliphatic carbocycles. The van der Waals surface area contributed by atoms with Crippen molar-refractivity contribution in [1.29, 1.82) is 0 Å². The molecule has 0 atom stereocenters.